The number of ether oxygens (including phenoxy) is 2. The molecule has 0 radical (unpaired) electrons. The van der Waals surface area contributed by atoms with Crippen LogP contribution < -0.4 is 0 Å². The van der Waals surface area contributed by atoms with Crippen LogP contribution in [0.1, 0.15) is 123 Å². The zero-order valence-corrected chi connectivity index (χ0v) is 41.4. The largest absolute Gasteiger partial charge is 0.472 e. The highest BCUT2D eigenvalue weighted by atomic mass is 31.2. The van der Waals surface area contributed by atoms with Gasteiger partial charge < -0.3 is 49.7 Å². The van der Waals surface area contributed by atoms with E-state index >= 15 is 0 Å². The Labute approximate surface area is 402 Å². The molecule has 0 heterocycles. The lowest BCUT2D eigenvalue weighted by Crippen LogP contribution is -2.64. The molecule has 0 aromatic carbocycles. The molecule has 8 N–H and O–H groups in total. The fraction of sp³-hybridized carbons (Fsp3) is 0.592. The van der Waals surface area contributed by atoms with Crippen LogP contribution >= 0.6 is 15.6 Å². The van der Waals surface area contributed by atoms with Crippen LogP contribution in [-0.2, 0) is 41.8 Å². The van der Waals surface area contributed by atoms with Gasteiger partial charge in [0.25, 0.3) is 0 Å². The van der Waals surface area contributed by atoms with Gasteiger partial charge in [-0.25, -0.2) is 9.13 Å². The van der Waals surface area contributed by atoms with Crippen molar-refractivity contribution >= 4 is 27.6 Å². The fourth-order valence-corrected chi connectivity index (χ4v) is 7.80. The summed E-state index contributed by atoms with van der Waals surface area (Å²) in [7, 11) is -10.7. The second-order valence-electron chi connectivity index (χ2n) is 15.9. The van der Waals surface area contributed by atoms with Gasteiger partial charge in [0.15, 0.2) is 6.10 Å². The average molecular weight is 1000 g/mol. The summed E-state index contributed by atoms with van der Waals surface area (Å²) in [5.41, 5.74) is 0. The smallest absolute Gasteiger partial charge is 0.462 e. The first-order valence-electron chi connectivity index (χ1n) is 23.5. The van der Waals surface area contributed by atoms with Gasteiger partial charge >= 0.3 is 27.6 Å². The van der Waals surface area contributed by atoms with E-state index in [9.17, 15) is 58.9 Å². The predicted octanol–water partition coefficient (Wildman–Crippen LogP) is 7.92. The molecule has 17 nitrogen and oxygen atoms in total. The van der Waals surface area contributed by atoms with Gasteiger partial charge in [0.1, 0.15) is 43.2 Å². The molecule has 0 spiro atoms. The summed E-state index contributed by atoms with van der Waals surface area (Å²) < 4.78 is 49.2. The monoisotopic (exact) mass is 1000 g/mol. The molecule has 1 aliphatic carbocycles. The zero-order valence-electron chi connectivity index (χ0n) is 39.6. The van der Waals surface area contributed by atoms with E-state index in [1.807, 2.05) is 54.7 Å². The summed E-state index contributed by atoms with van der Waals surface area (Å²) in [6, 6.07) is 0. The van der Waals surface area contributed by atoms with Crippen molar-refractivity contribution < 1.29 is 82.0 Å². The first-order valence-corrected chi connectivity index (χ1v) is 26.6. The number of phosphoric ester groups is 2. The van der Waals surface area contributed by atoms with E-state index in [2.05, 4.69) is 54.8 Å². The number of phosphoric acid groups is 2. The summed E-state index contributed by atoms with van der Waals surface area (Å²) in [6.07, 6.45) is 32.3. The Morgan fingerprint density at radius 2 is 1.09 bits per heavy atom. The van der Waals surface area contributed by atoms with E-state index in [1.165, 1.54) is 19.3 Å². The maximum atomic E-state index is 13.0. The van der Waals surface area contributed by atoms with Crippen LogP contribution in [0, 0.1) is 0 Å². The number of carbonyl (C=O) groups excluding carboxylic acids is 2. The predicted molar refractivity (Wildman–Crippen MR) is 261 cm³/mol. The van der Waals surface area contributed by atoms with Crippen molar-refractivity contribution in [2.45, 2.75) is 172 Å². The van der Waals surface area contributed by atoms with Gasteiger partial charge in [-0.3, -0.25) is 23.2 Å². The minimum absolute atomic E-state index is 0.0392. The van der Waals surface area contributed by atoms with E-state index in [1.54, 1.807) is 18.2 Å². The molecule has 1 saturated carbocycles. The third-order valence-electron chi connectivity index (χ3n) is 9.92. The lowest BCUT2D eigenvalue weighted by Gasteiger charge is -2.43. The number of aliphatic hydroxyl groups is 5. The van der Waals surface area contributed by atoms with Crippen molar-refractivity contribution in [2.24, 2.45) is 0 Å². The quantitative estimate of drug-likeness (QED) is 0.00965. The highest BCUT2D eigenvalue weighted by molar-refractivity contribution is 7.47. The van der Waals surface area contributed by atoms with Gasteiger partial charge in [0.05, 0.1) is 12.7 Å². The van der Waals surface area contributed by atoms with Crippen LogP contribution in [0.2, 0.25) is 0 Å². The highest BCUT2D eigenvalue weighted by Crippen LogP contribution is 2.49. The molecule has 1 rings (SSSR count). The number of carbonyl (C=O) groups is 2. The Balaban J connectivity index is 2.71. The molecule has 68 heavy (non-hydrogen) atoms. The highest BCUT2D eigenvalue weighted by Gasteiger charge is 2.54. The molecule has 0 aromatic heterocycles. The maximum absolute atomic E-state index is 13.0. The molecule has 0 saturated heterocycles. The standard InChI is InChI=1S/C49H78O17P2/c1-3-5-7-9-11-12-13-14-15-16-17-21-24-28-32-36-42(51)62-38-41(39-63-68(60,61)66-49-46(55)44(53)45(54)48(47(49)56)65-67(57,58)59)64-43(52)37-33-29-25-22-19-18-20-23-27-31-35-40(50)34-30-26-10-8-6-4-2/h6,8,11-12,14-15,17-19,21,23,25-27,29-31,35,40-41,44-50,53-56H,3-5,7,9-10,13,16,20,22,24,28,32-34,36-39H2,1-2H3,(H,60,61)(H2,57,58,59)/b8-6-,12-11-,15-14-,19-18-,21-17-,27-23-,29-25-,30-26-,35-31+/t40?,41-,44?,45?,46?,47?,48-,49+/m1/s1. The maximum Gasteiger partial charge on any atom is 0.472 e. The van der Waals surface area contributed by atoms with Crippen molar-refractivity contribution in [1.82, 2.24) is 0 Å². The van der Waals surface area contributed by atoms with Crippen LogP contribution in [0.15, 0.2) is 109 Å². The van der Waals surface area contributed by atoms with Crippen molar-refractivity contribution in [3.05, 3.63) is 109 Å². The summed E-state index contributed by atoms with van der Waals surface area (Å²) in [4.78, 5) is 54.2. The number of esters is 2. The molecule has 6 unspecified atom stereocenters. The van der Waals surface area contributed by atoms with E-state index in [0.717, 1.165) is 38.5 Å². The molecule has 1 aliphatic rings. The summed E-state index contributed by atoms with van der Waals surface area (Å²) in [5, 5.41) is 51.3. The van der Waals surface area contributed by atoms with Crippen LogP contribution in [0.25, 0.3) is 0 Å². The minimum atomic E-state index is -5.39. The van der Waals surface area contributed by atoms with Crippen LogP contribution in [0.3, 0.4) is 0 Å². The molecule has 0 aromatic rings. The zero-order chi connectivity index (χ0) is 50.5. The van der Waals surface area contributed by atoms with Crippen molar-refractivity contribution in [3.63, 3.8) is 0 Å². The molecular formula is C49H78O17P2. The molecule has 386 valence electrons. The third-order valence-corrected chi connectivity index (χ3v) is 11.4. The minimum Gasteiger partial charge on any atom is -0.462 e. The molecule has 9 atom stereocenters. The molecular weight excluding hydrogens is 922 g/mol. The second kappa shape index (κ2) is 38.4. The normalized spacial score (nSPS) is 22.7. The number of hydrogen-bond donors (Lipinski definition) is 8. The Kier molecular flexibility index (Phi) is 35.4. The summed E-state index contributed by atoms with van der Waals surface area (Å²) in [6.45, 7) is 2.79. The topological polar surface area (TPSA) is 276 Å². The average Bonchev–Trinajstić information content (AvgIpc) is 3.29. The van der Waals surface area contributed by atoms with Crippen LogP contribution in [0.5, 0.6) is 0 Å². The SMILES string of the molecule is CC/C=C\C/C=C\CC(O)/C=C/C=C\C/C=C\C/C=C\CCC(=O)O[C@H](COC(=O)CCCC/C=C\C/C=C\C/C=C\CCCCC)COP(=O)(O)O[C@H]1C(O)C(O)C(O)[C@@H](OP(=O)(O)O)C1O. The molecule has 0 aliphatic heterocycles. The first-order chi connectivity index (χ1) is 32.5. The van der Waals surface area contributed by atoms with Crippen molar-refractivity contribution in [3.8, 4) is 0 Å². The van der Waals surface area contributed by atoms with Crippen LogP contribution in [-0.4, -0.2) is 114 Å². The molecule has 0 amide bonds. The summed E-state index contributed by atoms with van der Waals surface area (Å²) in [5.74, 6) is -1.39. The number of aliphatic hydroxyl groups excluding tert-OH is 5. The van der Waals surface area contributed by atoms with Crippen molar-refractivity contribution in [2.75, 3.05) is 13.2 Å². The van der Waals surface area contributed by atoms with Gasteiger partial charge in [-0.1, -0.05) is 136 Å². The van der Waals surface area contributed by atoms with E-state index in [-0.39, 0.29) is 19.3 Å². The van der Waals surface area contributed by atoms with Gasteiger partial charge in [-0.15, -0.1) is 0 Å². The number of unbranched alkanes of at least 4 members (excludes halogenated alkanes) is 5. The lowest BCUT2D eigenvalue weighted by molar-refractivity contribution is -0.216. The molecule has 1 fully saturated rings. The lowest BCUT2D eigenvalue weighted by atomic mass is 9.85. The second-order valence-corrected chi connectivity index (χ2v) is 18.5. The van der Waals surface area contributed by atoms with Crippen LogP contribution in [0.4, 0.5) is 0 Å². The molecule has 19 heteroatoms. The Bertz CT molecular complexity index is 1750. The fourth-order valence-electron chi connectivity index (χ4n) is 6.26. The number of allylic oxidation sites excluding steroid dienone is 16. The number of hydrogen-bond acceptors (Lipinski definition) is 14. The van der Waals surface area contributed by atoms with Gasteiger partial charge in [0.2, 0.25) is 0 Å². The van der Waals surface area contributed by atoms with E-state index < -0.39 is 89.6 Å². The van der Waals surface area contributed by atoms with E-state index in [4.69, 9.17) is 18.5 Å². The van der Waals surface area contributed by atoms with E-state index in [0.29, 0.717) is 32.1 Å². The Morgan fingerprint density at radius 3 is 1.68 bits per heavy atom. The van der Waals surface area contributed by atoms with Gasteiger partial charge in [-0.2, -0.15) is 0 Å². The van der Waals surface area contributed by atoms with Gasteiger partial charge in [0, 0.05) is 12.8 Å². The Morgan fingerprint density at radius 1 is 0.559 bits per heavy atom. The van der Waals surface area contributed by atoms with Crippen molar-refractivity contribution in [1.29, 1.82) is 0 Å². The summed E-state index contributed by atoms with van der Waals surface area (Å²) >= 11 is 0. The first kappa shape index (κ1) is 62.6. The molecule has 0 bridgehead atoms. The Hall–Kier alpha value is -3.38. The van der Waals surface area contributed by atoms with Gasteiger partial charge in [-0.05, 0) is 83.5 Å². The number of rotatable bonds is 37. The third kappa shape index (κ3) is 32.4.